The molecule has 5 heteroatoms. The van der Waals surface area contributed by atoms with E-state index >= 15 is 0 Å². The summed E-state index contributed by atoms with van der Waals surface area (Å²) in [5, 5.41) is 0. The molecule has 1 aliphatic heterocycles. The molecule has 86 valence electrons. The van der Waals surface area contributed by atoms with Crippen molar-refractivity contribution in [3.05, 3.63) is 30.3 Å². The average Bonchev–Trinajstić information content (AvgIpc) is 2.78. The average molecular weight is 240 g/mol. The van der Waals surface area contributed by atoms with Crippen molar-refractivity contribution in [2.24, 2.45) is 0 Å². The molecule has 4 nitrogen and oxygen atoms in total. The van der Waals surface area contributed by atoms with Crippen LogP contribution in [0.15, 0.2) is 35.2 Å². The molecule has 0 saturated carbocycles. The first kappa shape index (κ1) is 11.4. The van der Waals surface area contributed by atoms with Crippen LogP contribution >= 0.6 is 0 Å². The number of carbonyl (C=O) groups excluding carboxylic acids is 1. The normalized spacial score (nSPS) is 26.5. The van der Waals surface area contributed by atoms with Crippen LogP contribution in [-0.4, -0.2) is 35.2 Å². The van der Waals surface area contributed by atoms with Crippen LogP contribution in [0.3, 0.4) is 0 Å². The van der Waals surface area contributed by atoms with Gasteiger partial charge in [-0.15, -0.1) is 0 Å². The first-order valence-electron chi connectivity index (χ1n) is 4.95. The lowest BCUT2D eigenvalue weighted by molar-refractivity contribution is -0.132. The Morgan fingerprint density at radius 2 is 2.12 bits per heavy atom. The quantitative estimate of drug-likeness (QED) is 0.728. The van der Waals surface area contributed by atoms with E-state index in [-0.39, 0.29) is 6.10 Å². The van der Waals surface area contributed by atoms with Gasteiger partial charge in [0.2, 0.25) is 6.29 Å². The zero-order valence-electron chi connectivity index (χ0n) is 8.57. The number of ether oxygens (including phenoxy) is 2. The third kappa shape index (κ3) is 2.75. The summed E-state index contributed by atoms with van der Waals surface area (Å²) in [6.07, 6.45) is -0.458. The highest BCUT2D eigenvalue weighted by molar-refractivity contribution is 7.85. The maximum absolute atomic E-state index is 11.9. The molecule has 3 unspecified atom stereocenters. The van der Waals surface area contributed by atoms with Gasteiger partial charge in [0.05, 0.1) is 29.3 Å². The topological polar surface area (TPSA) is 52.6 Å². The van der Waals surface area contributed by atoms with Gasteiger partial charge in [-0.25, -0.2) is 0 Å². The van der Waals surface area contributed by atoms with Crippen LogP contribution in [0.2, 0.25) is 0 Å². The lowest BCUT2D eigenvalue weighted by atomic mass is 10.4. The molecule has 1 saturated heterocycles. The minimum Gasteiger partial charge on any atom is -0.343 e. The van der Waals surface area contributed by atoms with Gasteiger partial charge in [0, 0.05) is 4.90 Å². The van der Waals surface area contributed by atoms with E-state index in [1.165, 1.54) is 0 Å². The molecule has 0 aromatic heterocycles. The van der Waals surface area contributed by atoms with Crippen LogP contribution in [-0.2, 0) is 25.1 Å². The molecular formula is C11H12O4S. The molecule has 2 rings (SSSR count). The number of hydrogen-bond donors (Lipinski definition) is 0. The van der Waals surface area contributed by atoms with Crippen molar-refractivity contribution in [2.45, 2.75) is 17.3 Å². The fraction of sp³-hybridized carbons (Fsp3) is 0.364. The van der Waals surface area contributed by atoms with Crippen molar-refractivity contribution in [3.8, 4) is 0 Å². The minimum absolute atomic E-state index is 0.267. The zero-order chi connectivity index (χ0) is 11.4. The van der Waals surface area contributed by atoms with Gasteiger partial charge < -0.3 is 9.47 Å². The highest BCUT2D eigenvalue weighted by Gasteiger charge is 2.27. The largest absolute Gasteiger partial charge is 0.343 e. The summed E-state index contributed by atoms with van der Waals surface area (Å²) < 4.78 is 22.1. The van der Waals surface area contributed by atoms with Crippen LogP contribution in [0.4, 0.5) is 0 Å². The predicted octanol–water partition coefficient (Wildman–Crippen LogP) is 0.735. The van der Waals surface area contributed by atoms with E-state index in [1.807, 2.05) is 30.3 Å². The Kier molecular flexibility index (Phi) is 3.82. The Bertz CT molecular complexity index is 379. The predicted molar refractivity (Wildman–Crippen MR) is 58.4 cm³/mol. The van der Waals surface area contributed by atoms with Gasteiger partial charge in [-0.1, -0.05) is 18.2 Å². The molecule has 16 heavy (non-hydrogen) atoms. The zero-order valence-corrected chi connectivity index (χ0v) is 9.39. The molecule has 0 N–H and O–H groups in total. The Morgan fingerprint density at radius 3 is 2.75 bits per heavy atom. The monoisotopic (exact) mass is 240 g/mol. The fourth-order valence-corrected chi connectivity index (χ4v) is 2.63. The summed E-state index contributed by atoms with van der Waals surface area (Å²) in [6, 6.07) is 9.17. The molecule has 1 aromatic rings. The Balaban J connectivity index is 1.91. The molecule has 0 radical (unpaired) electrons. The Hall–Kier alpha value is -1.04. The van der Waals surface area contributed by atoms with E-state index in [1.54, 1.807) is 0 Å². The van der Waals surface area contributed by atoms with Gasteiger partial charge in [0.1, 0.15) is 0 Å². The number of aldehydes is 1. The van der Waals surface area contributed by atoms with Crippen molar-refractivity contribution >= 4 is 17.1 Å². The van der Waals surface area contributed by atoms with Gasteiger partial charge in [-0.2, -0.15) is 0 Å². The summed E-state index contributed by atoms with van der Waals surface area (Å²) in [4.78, 5) is 11.1. The molecule has 1 aromatic carbocycles. The minimum atomic E-state index is -1.11. The standard InChI is InChI=1S/C11H12O4S/c12-6-11-14-7-9(15-11)8-16(13)10-4-2-1-3-5-10/h1-6,9,11H,7-8H2. The number of carbonyl (C=O) groups is 1. The number of rotatable bonds is 4. The van der Waals surface area contributed by atoms with Gasteiger partial charge >= 0.3 is 0 Å². The highest BCUT2D eigenvalue weighted by Crippen LogP contribution is 2.14. The van der Waals surface area contributed by atoms with Crippen LogP contribution in [0.1, 0.15) is 0 Å². The lowest BCUT2D eigenvalue weighted by Crippen LogP contribution is -2.20. The van der Waals surface area contributed by atoms with Crippen LogP contribution in [0.5, 0.6) is 0 Å². The second-order valence-corrected chi connectivity index (χ2v) is 4.92. The van der Waals surface area contributed by atoms with Crippen LogP contribution in [0, 0.1) is 0 Å². The number of benzene rings is 1. The fourth-order valence-electron chi connectivity index (χ4n) is 1.47. The van der Waals surface area contributed by atoms with E-state index in [0.29, 0.717) is 18.6 Å². The molecule has 0 aliphatic carbocycles. The lowest BCUT2D eigenvalue weighted by Gasteiger charge is -2.07. The molecule has 1 heterocycles. The van der Waals surface area contributed by atoms with E-state index in [2.05, 4.69) is 0 Å². The molecule has 1 fully saturated rings. The number of hydrogen-bond acceptors (Lipinski definition) is 4. The van der Waals surface area contributed by atoms with Crippen molar-refractivity contribution in [3.63, 3.8) is 0 Å². The third-order valence-electron chi connectivity index (χ3n) is 2.23. The van der Waals surface area contributed by atoms with Crippen LogP contribution < -0.4 is 0 Å². The molecule has 1 aliphatic rings. The molecule has 0 bridgehead atoms. The van der Waals surface area contributed by atoms with Gasteiger partial charge in [-0.05, 0) is 12.1 Å². The SMILES string of the molecule is O=CC1OCC(CS(=O)c2ccccc2)O1. The molecule has 0 amide bonds. The summed E-state index contributed by atoms with van der Waals surface area (Å²) in [7, 11) is -1.11. The molecular weight excluding hydrogens is 228 g/mol. The van der Waals surface area contributed by atoms with Gasteiger partial charge in [0.25, 0.3) is 0 Å². The Morgan fingerprint density at radius 1 is 1.38 bits per heavy atom. The highest BCUT2D eigenvalue weighted by atomic mass is 32.2. The Labute approximate surface area is 96.0 Å². The molecule has 3 atom stereocenters. The van der Waals surface area contributed by atoms with Crippen molar-refractivity contribution < 1.29 is 18.5 Å². The van der Waals surface area contributed by atoms with Crippen LogP contribution in [0.25, 0.3) is 0 Å². The smallest absolute Gasteiger partial charge is 0.215 e. The summed E-state index contributed by atoms with van der Waals surface area (Å²) in [5.74, 6) is 0.356. The molecule has 0 spiro atoms. The second-order valence-electron chi connectivity index (χ2n) is 3.42. The summed E-state index contributed by atoms with van der Waals surface area (Å²) in [6.45, 7) is 0.321. The summed E-state index contributed by atoms with van der Waals surface area (Å²) in [5.41, 5.74) is 0. The second kappa shape index (κ2) is 5.34. The van der Waals surface area contributed by atoms with Gasteiger partial charge in [-0.3, -0.25) is 9.00 Å². The van der Waals surface area contributed by atoms with E-state index < -0.39 is 17.1 Å². The van der Waals surface area contributed by atoms with Crippen molar-refractivity contribution in [1.82, 2.24) is 0 Å². The maximum atomic E-state index is 11.9. The van der Waals surface area contributed by atoms with E-state index in [0.717, 1.165) is 4.90 Å². The maximum Gasteiger partial charge on any atom is 0.215 e. The first-order chi connectivity index (χ1) is 7.79. The van der Waals surface area contributed by atoms with Crippen molar-refractivity contribution in [2.75, 3.05) is 12.4 Å². The third-order valence-corrected chi connectivity index (χ3v) is 3.70. The van der Waals surface area contributed by atoms with Crippen molar-refractivity contribution in [1.29, 1.82) is 0 Å². The first-order valence-corrected chi connectivity index (χ1v) is 6.27. The van der Waals surface area contributed by atoms with Gasteiger partial charge in [0.15, 0.2) is 6.29 Å². The summed E-state index contributed by atoms with van der Waals surface area (Å²) >= 11 is 0. The van der Waals surface area contributed by atoms with E-state index in [9.17, 15) is 9.00 Å². The van der Waals surface area contributed by atoms with E-state index in [4.69, 9.17) is 9.47 Å².